The van der Waals surface area contributed by atoms with Crippen molar-refractivity contribution in [1.82, 2.24) is 0 Å². The molecule has 0 saturated carbocycles. The number of rotatable bonds is 2. The summed E-state index contributed by atoms with van der Waals surface area (Å²) in [6, 6.07) is 12.3. The maximum atomic E-state index is 13.4. The summed E-state index contributed by atoms with van der Waals surface area (Å²) in [5, 5.41) is 11.3. The number of carbonyl (C=O) groups excluding carboxylic acids is 1. The summed E-state index contributed by atoms with van der Waals surface area (Å²) < 4.78 is 13.4. The van der Waals surface area contributed by atoms with E-state index in [9.17, 15) is 9.18 Å². The second-order valence-electron chi connectivity index (χ2n) is 3.82. The van der Waals surface area contributed by atoms with Crippen molar-refractivity contribution in [2.24, 2.45) is 0 Å². The minimum atomic E-state index is -0.679. The molecule has 0 saturated heterocycles. The molecule has 5 heteroatoms. The lowest BCUT2D eigenvalue weighted by Crippen LogP contribution is -2.15. The highest BCUT2D eigenvalue weighted by Crippen LogP contribution is 2.20. The zero-order chi connectivity index (χ0) is 13.8. The molecule has 4 nitrogen and oxygen atoms in total. The number of amides is 1. The van der Waals surface area contributed by atoms with Crippen molar-refractivity contribution < 1.29 is 9.18 Å². The number of carbonyl (C=O) groups is 1. The Labute approximate surface area is 109 Å². The van der Waals surface area contributed by atoms with Crippen LogP contribution in [-0.2, 0) is 0 Å². The Bertz CT molecular complexity index is 677. The predicted octanol–water partition coefficient (Wildman–Crippen LogP) is 2.53. The van der Waals surface area contributed by atoms with Crippen LogP contribution >= 0.6 is 0 Å². The first-order valence-electron chi connectivity index (χ1n) is 5.48. The number of hydrogen-bond acceptors (Lipinski definition) is 3. The Morgan fingerprint density at radius 3 is 2.63 bits per heavy atom. The number of nitrogens with one attached hydrogen (secondary N) is 1. The SMILES string of the molecule is N#Cc1c(F)cccc1NC(=O)c1ccccc1N. The molecule has 1 amide bonds. The first-order valence-corrected chi connectivity index (χ1v) is 5.48. The number of benzene rings is 2. The third kappa shape index (κ3) is 2.53. The van der Waals surface area contributed by atoms with Gasteiger partial charge in [-0.3, -0.25) is 4.79 Å². The second-order valence-corrected chi connectivity index (χ2v) is 3.82. The maximum absolute atomic E-state index is 13.4. The lowest BCUT2D eigenvalue weighted by molar-refractivity contribution is 0.102. The molecule has 2 aromatic rings. The van der Waals surface area contributed by atoms with Gasteiger partial charge in [0.15, 0.2) is 0 Å². The zero-order valence-electron chi connectivity index (χ0n) is 9.85. The first kappa shape index (κ1) is 12.6. The molecule has 0 spiro atoms. The first-order chi connectivity index (χ1) is 9.13. The van der Waals surface area contributed by atoms with Gasteiger partial charge in [0.1, 0.15) is 17.4 Å². The van der Waals surface area contributed by atoms with E-state index in [1.807, 2.05) is 0 Å². The molecule has 2 aromatic carbocycles. The molecule has 0 aliphatic heterocycles. The number of para-hydroxylation sites is 1. The Morgan fingerprint density at radius 1 is 1.21 bits per heavy atom. The molecule has 19 heavy (non-hydrogen) atoms. The topological polar surface area (TPSA) is 78.9 Å². The molecule has 0 aliphatic rings. The molecule has 0 aliphatic carbocycles. The molecule has 0 heterocycles. The number of halogens is 1. The van der Waals surface area contributed by atoms with Gasteiger partial charge in [0.05, 0.1) is 11.3 Å². The smallest absolute Gasteiger partial charge is 0.257 e. The Balaban J connectivity index is 2.33. The normalized spacial score (nSPS) is 9.68. The largest absolute Gasteiger partial charge is 0.398 e. The third-order valence-corrected chi connectivity index (χ3v) is 2.58. The van der Waals surface area contributed by atoms with Crippen LogP contribution in [0.15, 0.2) is 42.5 Å². The van der Waals surface area contributed by atoms with E-state index >= 15 is 0 Å². The number of anilines is 2. The van der Waals surface area contributed by atoms with Crippen molar-refractivity contribution in [2.75, 3.05) is 11.1 Å². The third-order valence-electron chi connectivity index (χ3n) is 2.58. The van der Waals surface area contributed by atoms with E-state index in [1.165, 1.54) is 12.1 Å². The van der Waals surface area contributed by atoms with Gasteiger partial charge in [0.2, 0.25) is 0 Å². The Morgan fingerprint density at radius 2 is 1.95 bits per heavy atom. The number of nitrogen functional groups attached to an aromatic ring is 1. The summed E-state index contributed by atoms with van der Waals surface area (Å²) in [5.74, 6) is -1.17. The monoisotopic (exact) mass is 255 g/mol. The highest BCUT2D eigenvalue weighted by atomic mass is 19.1. The molecular formula is C14H10FN3O. The Kier molecular flexibility index (Phi) is 3.44. The lowest BCUT2D eigenvalue weighted by atomic mass is 10.1. The van der Waals surface area contributed by atoms with Crippen LogP contribution in [0.2, 0.25) is 0 Å². The van der Waals surface area contributed by atoms with Crippen LogP contribution in [0, 0.1) is 17.1 Å². The van der Waals surface area contributed by atoms with E-state index in [-0.39, 0.29) is 16.8 Å². The van der Waals surface area contributed by atoms with Crippen molar-refractivity contribution in [3.63, 3.8) is 0 Å². The van der Waals surface area contributed by atoms with Gasteiger partial charge in [-0.1, -0.05) is 18.2 Å². The van der Waals surface area contributed by atoms with Crippen LogP contribution in [0.3, 0.4) is 0 Å². The van der Waals surface area contributed by atoms with E-state index in [1.54, 1.807) is 30.3 Å². The standard InChI is InChI=1S/C14H10FN3O/c15-11-5-3-7-13(10(11)8-16)18-14(19)9-4-1-2-6-12(9)17/h1-7H,17H2,(H,18,19). The highest BCUT2D eigenvalue weighted by Gasteiger charge is 2.13. The molecule has 0 fully saturated rings. The van der Waals surface area contributed by atoms with E-state index in [2.05, 4.69) is 5.32 Å². The van der Waals surface area contributed by atoms with Gasteiger partial charge in [0, 0.05) is 5.69 Å². The van der Waals surface area contributed by atoms with Crippen molar-refractivity contribution in [1.29, 1.82) is 5.26 Å². The van der Waals surface area contributed by atoms with Crippen molar-refractivity contribution >= 4 is 17.3 Å². The van der Waals surface area contributed by atoms with Crippen molar-refractivity contribution in [3.05, 3.63) is 59.4 Å². The number of nitrogens with zero attached hydrogens (tertiary/aromatic N) is 1. The fraction of sp³-hybridized carbons (Fsp3) is 0. The summed E-state index contributed by atoms with van der Waals surface area (Å²) in [6.07, 6.45) is 0. The zero-order valence-corrected chi connectivity index (χ0v) is 9.85. The van der Waals surface area contributed by atoms with E-state index < -0.39 is 11.7 Å². The van der Waals surface area contributed by atoms with Crippen molar-refractivity contribution in [2.45, 2.75) is 0 Å². The van der Waals surface area contributed by atoms with Gasteiger partial charge in [0.25, 0.3) is 5.91 Å². The van der Waals surface area contributed by atoms with Gasteiger partial charge < -0.3 is 11.1 Å². The molecule has 0 radical (unpaired) electrons. The minimum absolute atomic E-state index is 0.121. The van der Waals surface area contributed by atoms with Gasteiger partial charge >= 0.3 is 0 Å². The summed E-state index contributed by atoms with van der Waals surface area (Å²) >= 11 is 0. The van der Waals surface area contributed by atoms with E-state index in [4.69, 9.17) is 11.0 Å². The molecule has 94 valence electrons. The van der Waals surface area contributed by atoms with Gasteiger partial charge in [-0.2, -0.15) is 5.26 Å². The van der Waals surface area contributed by atoms with Gasteiger partial charge in [-0.05, 0) is 24.3 Å². The predicted molar refractivity (Wildman–Crippen MR) is 69.9 cm³/mol. The van der Waals surface area contributed by atoms with Crippen LogP contribution in [0.1, 0.15) is 15.9 Å². The van der Waals surface area contributed by atoms with E-state index in [0.29, 0.717) is 5.69 Å². The molecule has 0 bridgehead atoms. The maximum Gasteiger partial charge on any atom is 0.257 e. The van der Waals surface area contributed by atoms with Crippen LogP contribution < -0.4 is 11.1 Å². The van der Waals surface area contributed by atoms with Gasteiger partial charge in [-0.25, -0.2) is 4.39 Å². The second kappa shape index (κ2) is 5.19. The molecule has 2 rings (SSSR count). The highest BCUT2D eigenvalue weighted by molar-refractivity contribution is 6.08. The molecule has 0 unspecified atom stereocenters. The average molecular weight is 255 g/mol. The fourth-order valence-corrected chi connectivity index (χ4v) is 1.64. The molecular weight excluding hydrogens is 245 g/mol. The average Bonchev–Trinajstić information content (AvgIpc) is 2.39. The lowest BCUT2D eigenvalue weighted by Gasteiger charge is -2.08. The molecule has 0 atom stereocenters. The van der Waals surface area contributed by atoms with Crippen LogP contribution in [0.4, 0.5) is 15.8 Å². The minimum Gasteiger partial charge on any atom is -0.398 e. The number of hydrogen-bond donors (Lipinski definition) is 2. The molecule has 0 aromatic heterocycles. The van der Waals surface area contributed by atoms with Crippen molar-refractivity contribution in [3.8, 4) is 6.07 Å². The summed E-state index contributed by atoms with van der Waals surface area (Å²) in [4.78, 5) is 12.0. The molecule has 3 N–H and O–H groups in total. The number of nitrogens with two attached hydrogens (primary N) is 1. The Hall–Kier alpha value is -2.87. The summed E-state index contributed by atoms with van der Waals surface area (Å²) in [7, 11) is 0. The van der Waals surface area contributed by atoms with Gasteiger partial charge in [-0.15, -0.1) is 0 Å². The summed E-state index contributed by atoms with van der Waals surface area (Å²) in [5.41, 5.74) is 6.18. The van der Waals surface area contributed by atoms with Crippen LogP contribution in [0.5, 0.6) is 0 Å². The van der Waals surface area contributed by atoms with Crippen LogP contribution in [0.25, 0.3) is 0 Å². The van der Waals surface area contributed by atoms with Crippen LogP contribution in [-0.4, -0.2) is 5.91 Å². The number of nitriles is 1. The van der Waals surface area contributed by atoms with E-state index in [0.717, 1.165) is 6.07 Å². The quantitative estimate of drug-likeness (QED) is 0.809. The fourth-order valence-electron chi connectivity index (χ4n) is 1.64. The summed E-state index contributed by atoms with van der Waals surface area (Å²) in [6.45, 7) is 0.